The third-order valence-corrected chi connectivity index (χ3v) is 5.95. The Bertz CT molecular complexity index is 743. The molecule has 0 atom stereocenters. The predicted molar refractivity (Wildman–Crippen MR) is 86.5 cm³/mol. The van der Waals surface area contributed by atoms with Crippen molar-refractivity contribution in [2.45, 2.75) is 37.1 Å². The molecular formula is C15H22N4O2S. The van der Waals surface area contributed by atoms with Crippen molar-refractivity contribution in [2.75, 3.05) is 11.9 Å². The van der Waals surface area contributed by atoms with E-state index in [9.17, 15) is 8.42 Å². The molecule has 2 rings (SSSR count). The molecule has 120 valence electrons. The number of sulfone groups is 1. The van der Waals surface area contributed by atoms with Gasteiger partial charge in [-0.2, -0.15) is 0 Å². The van der Waals surface area contributed by atoms with Gasteiger partial charge in [-0.05, 0) is 32.9 Å². The molecule has 2 aromatic rings. The average molecular weight is 322 g/mol. The number of imidazole rings is 1. The van der Waals surface area contributed by atoms with Crippen LogP contribution in [-0.2, 0) is 23.4 Å². The lowest BCUT2D eigenvalue weighted by Gasteiger charge is -2.21. The van der Waals surface area contributed by atoms with Gasteiger partial charge >= 0.3 is 0 Å². The Kier molecular flexibility index (Phi) is 4.28. The standard InChI is InChI=1S/C15H22N4O2S/c1-15(2,3)22(20,21)14-7-6-12(10-17-14)19(5)11-13-16-8-9-18(13)4/h6-10H,11H2,1-5H3. The van der Waals surface area contributed by atoms with Crippen LogP contribution in [0.4, 0.5) is 5.69 Å². The van der Waals surface area contributed by atoms with Crippen molar-refractivity contribution < 1.29 is 8.42 Å². The number of aryl methyl sites for hydroxylation is 1. The van der Waals surface area contributed by atoms with Gasteiger partial charge in [0.15, 0.2) is 14.9 Å². The fourth-order valence-corrected chi connectivity index (χ4v) is 2.99. The first-order chi connectivity index (χ1) is 10.1. The normalized spacial score (nSPS) is 12.4. The summed E-state index contributed by atoms with van der Waals surface area (Å²) in [5.41, 5.74) is 0.843. The number of anilines is 1. The molecule has 2 heterocycles. The minimum absolute atomic E-state index is 0.106. The Hall–Kier alpha value is -1.89. The zero-order chi connectivity index (χ0) is 16.5. The van der Waals surface area contributed by atoms with Gasteiger partial charge in [0.1, 0.15) is 5.82 Å². The number of hydrogen-bond acceptors (Lipinski definition) is 5. The molecule has 0 bridgehead atoms. The highest BCUT2D eigenvalue weighted by Crippen LogP contribution is 2.24. The first kappa shape index (κ1) is 16.5. The van der Waals surface area contributed by atoms with E-state index in [0.29, 0.717) is 6.54 Å². The van der Waals surface area contributed by atoms with Gasteiger partial charge in [-0.15, -0.1) is 0 Å². The van der Waals surface area contributed by atoms with Crippen molar-refractivity contribution in [1.82, 2.24) is 14.5 Å². The SMILES string of the molecule is CN(Cc1nccn1C)c1ccc(S(=O)(=O)C(C)(C)C)nc1. The van der Waals surface area contributed by atoms with Crippen LogP contribution < -0.4 is 4.90 Å². The van der Waals surface area contributed by atoms with Crippen LogP contribution >= 0.6 is 0 Å². The molecule has 0 aliphatic rings. The molecule has 7 heteroatoms. The molecule has 0 fully saturated rings. The molecule has 0 spiro atoms. The van der Waals surface area contributed by atoms with E-state index in [0.717, 1.165) is 11.5 Å². The fourth-order valence-electron chi connectivity index (χ4n) is 1.92. The molecule has 0 aromatic carbocycles. The molecule has 0 unspecified atom stereocenters. The second kappa shape index (κ2) is 5.72. The van der Waals surface area contributed by atoms with Gasteiger partial charge in [0.05, 0.1) is 23.2 Å². The summed E-state index contributed by atoms with van der Waals surface area (Å²) in [6.45, 7) is 5.64. The summed E-state index contributed by atoms with van der Waals surface area (Å²) in [5, 5.41) is 0.106. The minimum atomic E-state index is -3.42. The zero-order valence-electron chi connectivity index (χ0n) is 13.6. The largest absolute Gasteiger partial charge is 0.366 e. The quantitative estimate of drug-likeness (QED) is 0.861. The third kappa shape index (κ3) is 3.14. The Morgan fingerprint density at radius 1 is 1.23 bits per heavy atom. The van der Waals surface area contributed by atoms with Gasteiger partial charge < -0.3 is 9.47 Å². The average Bonchev–Trinajstić information content (AvgIpc) is 2.83. The molecule has 0 radical (unpaired) electrons. The van der Waals surface area contributed by atoms with E-state index in [1.54, 1.807) is 45.3 Å². The Morgan fingerprint density at radius 2 is 1.91 bits per heavy atom. The second-order valence-electron chi connectivity index (χ2n) is 6.28. The molecule has 0 amide bonds. The summed E-state index contributed by atoms with van der Waals surface area (Å²) in [6, 6.07) is 3.33. The molecule has 0 aliphatic heterocycles. The first-order valence-corrected chi connectivity index (χ1v) is 8.49. The molecule has 6 nitrogen and oxygen atoms in total. The lowest BCUT2D eigenvalue weighted by Crippen LogP contribution is -2.28. The number of aromatic nitrogens is 3. The van der Waals surface area contributed by atoms with Crippen molar-refractivity contribution in [2.24, 2.45) is 7.05 Å². The van der Waals surface area contributed by atoms with Crippen molar-refractivity contribution in [1.29, 1.82) is 0 Å². The maximum Gasteiger partial charge on any atom is 0.200 e. The number of hydrogen-bond donors (Lipinski definition) is 0. The van der Waals surface area contributed by atoms with Crippen molar-refractivity contribution in [3.63, 3.8) is 0 Å². The van der Waals surface area contributed by atoms with E-state index >= 15 is 0 Å². The lowest BCUT2D eigenvalue weighted by atomic mass is 10.3. The molecular weight excluding hydrogens is 300 g/mol. The van der Waals surface area contributed by atoms with Gasteiger partial charge in [-0.25, -0.2) is 18.4 Å². The van der Waals surface area contributed by atoms with E-state index in [1.807, 2.05) is 29.8 Å². The van der Waals surface area contributed by atoms with Crippen molar-refractivity contribution in [3.05, 3.63) is 36.5 Å². The molecule has 0 saturated carbocycles. The van der Waals surface area contributed by atoms with Crippen LogP contribution in [0.5, 0.6) is 0 Å². The van der Waals surface area contributed by atoms with Gasteiger partial charge in [-0.3, -0.25) is 0 Å². The highest BCUT2D eigenvalue weighted by atomic mass is 32.2. The monoisotopic (exact) mass is 322 g/mol. The van der Waals surface area contributed by atoms with E-state index in [2.05, 4.69) is 9.97 Å². The van der Waals surface area contributed by atoms with Crippen LogP contribution in [0.1, 0.15) is 26.6 Å². The Labute approximate surface area is 131 Å². The first-order valence-electron chi connectivity index (χ1n) is 7.01. The zero-order valence-corrected chi connectivity index (χ0v) is 14.4. The summed E-state index contributed by atoms with van der Waals surface area (Å²) in [5.74, 6) is 0.925. The second-order valence-corrected chi connectivity index (χ2v) is 8.93. The molecule has 0 N–H and O–H groups in total. The van der Waals surface area contributed by atoms with Crippen LogP contribution in [0.2, 0.25) is 0 Å². The van der Waals surface area contributed by atoms with Crippen molar-refractivity contribution in [3.8, 4) is 0 Å². The van der Waals surface area contributed by atoms with Crippen LogP contribution in [0.3, 0.4) is 0 Å². The summed E-state index contributed by atoms with van der Waals surface area (Å²) >= 11 is 0. The summed E-state index contributed by atoms with van der Waals surface area (Å²) in [7, 11) is 0.437. The van der Waals surface area contributed by atoms with E-state index in [4.69, 9.17) is 0 Å². The Balaban J connectivity index is 2.21. The lowest BCUT2D eigenvalue weighted by molar-refractivity contribution is 0.556. The summed E-state index contributed by atoms with van der Waals surface area (Å²) in [4.78, 5) is 10.4. The van der Waals surface area contributed by atoms with Gasteiger partial charge in [0, 0.05) is 26.5 Å². The van der Waals surface area contributed by atoms with Gasteiger partial charge in [0.25, 0.3) is 0 Å². The van der Waals surface area contributed by atoms with Crippen LogP contribution in [0.25, 0.3) is 0 Å². The highest BCUT2D eigenvalue weighted by Gasteiger charge is 2.32. The number of rotatable bonds is 4. The van der Waals surface area contributed by atoms with Crippen LogP contribution in [0.15, 0.2) is 35.7 Å². The summed E-state index contributed by atoms with van der Waals surface area (Å²) in [6.07, 6.45) is 5.22. The van der Waals surface area contributed by atoms with Crippen LogP contribution in [0, 0.1) is 0 Å². The molecule has 0 saturated heterocycles. The number of nitrogens with zero attached hydrogens (tertiary/aromatic N) is 4. The maximum atomic E-state index is 12.3. The smallest absolute Gasteiger partial charge is 0.200 e. The molecule has 0 aliphatic carbocycles. The third-order valence-electron chi connectivity index (χ3n) is 3.54. The van der Waals surface area contributed by atoms with Gasteiger partial charge in [0.2, 0.25) is 0 Å². The minimum Gasteiger partial charge on any atom is -0.366 e. The molecule has 22 heavy (non-hydrogen) atoms. The topological polar surface area (TPSA) is 68.1 Å². The van der Waals surface area contributed by atoms with E-state index in [-0.39, 0.29) is 5.03 Å². The van der Waals surface area contributed by atoms with E-state index < -0.39 is 14.6 Å². The number of pyridine rings is 1. The molecule has 2 aromatic heterocycles. The summed E-state index contributed by atoms with van der Waals surface area (Å²) < 4.78 is 25.8. The maximum absolute atomic E-state index is 12.3. The van der Waals surface area contributed by atoms with Gasteiger partial charge in [-0.1, -0.05) is 0 Å². The predicted octanol–water partition coefficient (Wildman–Crippen LogP) is 2.02. The Morgan fingerprint density at radius 3 is 2.36 bits per heavy atom. The van der Waals surface area contributed by atoms with E-state index in [1.165, 1.54) is 0 Å². The fraction of sp³-hybridized carbons (Fsp3) is 0.467. The van der Waals surface area contributed by atoms with Crippen LogP contribution in [-0.4, -0.2) is 34.7 Å². The highest BCUT2D eigenvalue weighted by molar-refractivity contribution is 7.92. The van der Waals surface area contributed by atoms with Crippen molar-refractivity contribution >= 4 is 15.5 Å².